The minimum absolute atomic E-state index is 0.178. The van der Waals surface area contributed by atoms with E-state index in [1.54, 1.807) is 0 Å². The lowest BCUT2D eigenvalue weighted by Gasteiger charge is -2.22. The van der Waals surface area contributed by atoms with Gasteiger partial charge in [-0.3, -0.25) is 9.59 Å². The van der Waals surface area contributed by atoms with Crippen LogP contribution < -0.4 is 16.4 Å². The van der Waals surface area contributed by atoms with Crippen LogP contribution >= 0.6 is 0 Å². The van der Waals surface area contributed by atoms with Gasteiger partial charge in [0.05, 0.1) is 12.6 Å². The lowest BCUT2D eigenvalue weighted by atomic mass is 10.0. The van der Waals surface area contributed by atoms with Crippen molar-refractivity contribution in [2.45, 2.75) is 38.8 Å². The second kappa shape index (κ2) is 9.74. The van der Waals surface area contributed by atoms with Crippen LogP contribution in [0.15, 0.2) is 30.3 Å². The van der Waals surface area contributed by atoms with Crippen LogP contribution in [0.5, 0.6) is 0 Å². The first-order chi connectivity index (χ1) is 11.0. The molecule has 0 aromatic heterocycles. The lowest BCUT2D eigenvalue weighted by Crippen LogP contribution is -2.52. The van der Waals surface area contributed by atoms with E-state index in [0.717, 1.165) is 5.56 Å². The van der Waals surface area contributed by atoms with Crippen LogP contribution in [-0.4, -0.2) is 36.7 Å². The van der Waals surface area contributed by atoms with E-state index in [1.807, 2.05) is 44.2 Å². The number of nitrogens with one attached hydrogen (secondary N) is 2. The van der Waals surface area contributed by atoms with Crippen molar-refractivity contribution in [2.75, 3.05) is 6.54 Å². The maximum absolute atomic E-state index is 12.4. The molecule has 4 N–H and O–H groups in total. The van der Waals surface area contributed by atoms with Gasteiger partial charge in [-0.25, -0.2) is 0 Å². The van der Waals surface area contributed by atoms with Gasteiger partial charge in [0.1, 0.15) is 12.3 Å². The van der Waals surface area contributed by atoms with E-state index >= 15 is 0 Å². The molecule has 0 radical (unpaired) electrons. The Kier molecular flexibility index (Phi) is 7.97. The third kappa shape index (κ3) is 7.06. The molecule has 1 aromatic rings. The molecule has 126 valence electrons. The summed E-state index contributed by atoms with van der Waals surface area (Å²) < 4.78 is 0. The molecule has 1 aromatic carbocycles. The molecule has 0 heterocycles. The second-order valence-electron chi connectivity index (χ2n) is 5.89. The SMILES string of the molecule is CC(C)C[C@H](NC(=O)CN)C(=O)N[C@H](C=O)Cc1ccccc1. The molecule has 23 heavy (non-hydrogen) atoms. The van der Waals surface area contributed by atoms with Crippen molar-refractivity contribution in [3.05, 3.63) is 35.9 Å². The Hall–Kier alpha value is -2.21. The van der Waals surface area contributed by atoms with Crippen molar-refractivity contribution in [2.24, 2.45) is 11.7 Å². The first-order valence-corrected chi connectivity index (χ1v) is 7.75. The van der Waals surface area contributed by atoms with E-state index in [1.165, 1.54) is 0 Å². The van der Waals surface area contributed by atoms with Crippen LogP contribution in [0.25, 0.3) is 0 Å². The summed E-state index contributed by atoms with van der Waals surface area (Å²) in [5, 5.41) is 5.29. The average Bonchev–Trinajstić information content (AvgIpc) is 2.53. The fourth-order valence-corrected chi connectivity index (χ4v) is 2.24. The first kappa shape index (κ1) is 18.8. The molecule has 0 aliphatic rings. The fraction of sp³-hybridized carbons (Fsp3) is 0.471. The Balaban J connectivity index is 2.69. The minimum Gasteiger partial charge on any atom is -0.344 e. The fourth-order valence-electron chi connectivity index (χ4n) is 2.24. The van der Waals surface area contributed by atoms with Gasteiger partial charge in [0.15, 0.2) is 0 Å². The summed E-state index contributed by atoms with van der Waals surface area (Å²) in [6.45, 7) is 3.73. The molecule has 0 spiro atoms. The van der Waals surface area contributed by atoms with Crippen LogP contribution in [-0.2, 0) is 20.8 Å². The van der Waals surface area contributed by atoms with Crippen LogP contribution in [0.2, 0.25) is 0 Å². The predicted molar refractivity (Wildman–Crippen MR) is 88.6 cm³/mol. The number of carbonyl (C=O) groups excluding carboxylic acids is 3. The smallest absolute Gasteiger partial charge is 0.243 e. The van der Waals surface area contributed by atoms with E-state index in [9.17, 15) is 14.4 Å². The van der Waals surface area contributed by atoms with E-state index in [2.05, 4.69) is 10.6 Å². The maximum Gasteiger partial charge on any atom is 0.243 e. The number of aldehydes is 1. The highest BCUT2D eigenvalue weighted by molar-refractivity contribution is 5.89. The zero-order valence-corrected chi connectivity index (χ0v) is 13.6. The van der Waals surface area contributed by atoms with Crippen LogP contribution in [0.1, 0.15) is 25.8 Å². The topological polar surface area (TPSA) is 101 Å². The van der Waals surface area contributed by atoms with Crippen molar-refractivity contribution in [1.29, 1.82) is 0 Å². The van der Waals surface area contributed by atoms with Crippen molar-refractivity contribution in [3.63, 3.8) is 0 Å². The minimum atomic E-state index is -0.690. The Morgan fingerprint density at radius 3 is 2.35 bits per heavy atom. The highest BCUT2D eigenvalue weighted by Gasteiger charge is 2.23. The third-order valence-corrected chi connectivity index (χ3v) is 3.33. The van der Waals surface area contributed by atoms with Crippen molar-refractivity contribution in [1.82, 2.24) is 10.6 Å². The van der Waals surface area contributed by atoms with Gasteiger partial charge in [-0.1, -0.05) is 44.2 Å². The summed E-state index contributed by atoms with van der Waals surface area (Å²) in [4.78, 5) is 35.1. The number of benzene rings is 1. The molecule has 6 nitrogen and oxygen atoms in total. The Morgan fingerprint density at radius 2 is 1.83 bits per heavy atom. The predicted octanol–water partition coefficient (Wildman–Crippen LogP) is 0.402. The summed E-state index contributed by atoms with van der Waals surface area (Å²) >= 11 is 0. The summed E-state index contributed by atoms with van der Waals surface area (Å²) in [6.07, 6.45) is 1.60. The number of hydrogen-bond donors (Lipinski definition) is 3. The average molecular weight is 319 g/mol. The molecular formula is C17H25N3O3. The standard InChI is InChI=1S/C17H25N3O3/c1-12(2)8-15(20-16(22)10-18)17(23)19-14(11-21)9-13-6-4-3-5-7-13/h3-7,11-12,14-15H,8-10,18H2,1-2H3,(H,19,23)(H,20,22)/t14-,15-/m0/s1. The second-order valence-corrected chi connectivity index (χ2v) is 5.89. The molecule has 0 aliphatic carbocycles. The first-order valence-electron chi connectivity index (χ1n) is 7.75. The molecule has 2 amide bonds. The van der Waals surface area contributed by atoms with Crippen molar-refractivity contribution < 1.29 is 14.4 Å². The van der Waals surface area contributed by atoms with E-state index in [4.69, 9.17) is 5.73 Å². The summed E-state index contributed by atoms with van der Waals surface area (Å²) in [7, 11) is 0. The van der Waals surface area contributed by atoms with Crippen LogP contribution in [0.4, 0.5) is 0 Å². The molecule has 6 heteroatoms. The number of hydrogen-bond acceptors (Lipinski definition) is 4. The van der Waals surface area contributed by atoms with E-state index < -0.39 is 18.0 Å². The quantitative estimate of drug-likeness (QED) is 0.574. The van der Waals surface area contributed by atoms with Gasteiger partial charge in [-0.2, -0.15) is 0 Å². The Labute approximate surface area is 136 Å². The molecule has 0 fully saturated rings. The molecule has 0 unspecified atom stereocenters. The summed E-state index contributed by atoms with van der Waals surface area (Å²) in [5.74, 6) is -0.544. The van der Waals surface area contributed by atoms with Crippen molar-refractivity contribution in [3.8, 4) is 0 Å². The zero-order chi connectivity index (χ0) is 17.2. The molecule has 0 bridgehead atoms. The molecule has 2 atom stereocenters. The van der Waals surface area contributed by atoms with E-state index in [0.29, 0.717) is 19.1 Å². The largest absolute Gasteiger partial charge is 0.344 e. The highest BCUT2D eigenvalue weighted by Crippen LogP contribution is 2.07. The highest BCUT2D eigenvalue weighted by atomic mass is 16.2. The van der Waals surface area contributed by atoms with Gasteiger partial charge in [0.25, 0.3) is 0 Å². The molecule has 0 saturated heterocycles. The van der Waals surface area contributed by atoms with Gasteiger partial charge >= 0.3 is 0 Å². The molecule has 0 aliphatic heterocycles. The normalized spacial score (nSPS) is 13.2. The van der Waals surface area contributed by atoms with Gasteiger partial charge < -0.3 is 21.2 Å². The van der Waals surface area contributed by atoms with Gasteiger partial charge in [0, 0.05) is 0 Å². The Bertz CT molecular complexity index is 517. The maximum atomic E-state index is 12.4. The zero-order valence-electron chi connectivity index (χ0n) is 13.6. The number of carbonyl (C=O) groups is 3. The summed E-state index contributed by atoms with van der Waals surface area (Å²) in [5.41, 5.74) is 6.24. The monoisotopic (exact) mass is 319 g/mol. The van der Waals surface area contributed by atoms with Gasteiger partial charge in [-0.05, 0) is 24.3 Å². The van der Waals surface area contributed by atoms with E-state index in [-0.39, 0.29) is 18.4 Å². The summed E-state index contributed by atoms with van der Waals surface area (Å²) in [6, 6.07) is 8.11. The number of nitrogens with two attached hydrogens (primary N) is 1. The number of amides is 2. The number of rotatable bonds is 9. The van der Waals surface area contributed by atoms with Gasteiger partial charge in [-0.15, -0.1) is 0 Å². The van der Waals surface area contributed by atoms with Crippen LogP contribution in [0, 0.1) is 5.92 Å². The van der Waals surface area contributed by atoms with Crippen LogP contribution in [0.3, 0.4) is 0 Å². The Morgan fingerprint density at radius 1 is 1.17 bits per heavy atom. The third-order valence-electron chi connectivity index (χ3n) is 3.33. The lowest BCUT2D eigenvalue weighted by molar-refractivity contribution is -0.130. The molecule has 0 saturated carbocycles. The van der Waals surface area contributed by atoms with Gasteiger partial charge in [0.2, 0.25) is 11.8 Å². The molecular weight excluding hydrogens is 294 g/mol. The van der Waals surface area contributed by atoms with Crippen molar-refractivity contribution >= 4 is 18.1 Å². The molecule has 1 rings (SSSR count).